The van der Waals surface area contributed by atoms with Crippen molar-refractivity contribution in [3.63, 3.8) is 0 Å². The molecule has 1 heterocycles. The third-order valence-electron chi connectivity index (χ3n) is 8.82. The Morgan fingerprint density at radius 2 is 1.59 bits per heavy atom. The maximum Gasteiger partial charge on any atom is 0.309 e. The fraction of sp³-hybridized carbons (Fsp3) is 0.844. The van der Waals surface area contributed by atoms with Crippen molar-refractivity contribution in [3.05, 3.63) is 23.5 Å². The van der Waals surface area contributed by atoms with Gasteiger partial charge < -0.3 is 30.5 Å². The Morgan fingerprint density at radius 3 is 2.23 bits per heavy atom. The molecule has 5 atom stereocenters. The van der Waals surface area contributed by atoms with Crippen molar-refractivity contribution >= 4 is 5.97 Å². The lowest BCUT2D eigenvalue weighted by Crippen LogP contribution is -2.37. The highest BCUT2D eigenvalue weighted by atomic mass is 16.4. The van der Waals surface area contributed by atoms with Crippen LogP contribution in [0.25, 0.3) is 0 Å². The molecule has 0 radical (unpaired) electrons. The van der Waals surface area contributed by atoms with E-state index < -0.39 is 23.6 Å². The number of carboxylic acids is 1. The maximum atomic E-state index is 11.9. The van der Waals surface area contributed by atoms with E-state index in [1.807, 2.05) is 12.1 Å². The molecule has 1 aromatic heterocycles. The summed E-state index contributed by atoms with van der Waals surface area (Å²) in [5.74, 6) is -1.72. The van der Waals surface area contributed by atoms with Crippen molar-refractivity contribution < 1.29 is 30.3 Å². The highest BCUT2D eigenvalue weighted by Crippen LogP contribution is 2.41. The third-order valence-corrected chi connectivity index (χ3v) is 8.82. The largest absolute Gasteiger partial charge is 0.665 e. The topological polar surface area (TPSA) is 132 Å². The number of aromatic nitrogens is 1. The maximum absolute atomic E-state index is 11.9. The van der Waals surface area contributed by atoms with Crippen molar-refractivity contribution in [2.75, 3.05) is 6.61 Å². The second-order valence-electron chi connectivity index (χ2n) is 12.1. The van der Waals surface area contributed by atoms with E-state index in [2.05, 4.69) is 11.9 Å². The third kappa shape index (κ3) is 12.8. The van der Waals surface area contributed by atoms with Crippen molar-refractivity contribution in [3.8, 4) is 0 Å². The van der Waals surface area contributed by atoms with E-state index in [0.717, 1.165) is 75.6 Å². The molecule has 7 heteroatoms. The Bertz CT molecular complexity index is 782. The number of rotatable bonds is 23. The van der Waals surface area contributed by atoms with Crippen molar-refractivity contribution in [1.82, 2.24) is 4.98 Å². The zero-order valence-electron chi connectivity index (χ0n) is 24.4. The number of aliphatic hydroxyl groups excluding tert-OH is 3. The first-order valence-electron chi connectivity index (χ1n) is 15.8. The summed E-state index contributed by atoms with van der Waals surface area (Å²) in [6, 6.07) is 3.98. The molecule has 226 valence electrons. The zero-order valence-corrected chi connectivity index (χ0v) is 24.4. The quantitative estimate of drug-likeness (QED) is 0.113. The summed E-state index contributed by atoms with van der Waals surface area (Å²) < 4.78 is 0. The van der Waals surface area contributed by atoms with Crippen molar-refractivity contribution in [1.29, 1.82) is 0 Å². The number of aryl methyl sites for hydroxylation is 1. The second kappa shape index (κ2) is 18.8. The molecule has 0 spiro atoms. The minimum atomic E-state index is -0.968. The molecule has 2 rings (SSSR count). The molecule has 7 nitrogen and oxygen atoms in total. The van der Waals surface area contributed by atoms with Gasteiger partial charge in [-0.2, -0.15) is 11.4 Å². The number of nitrogens with zero attached hydrogens (tertiary/aromatic N) is 1. The molecule has 0 amide bonds. The molecular formula is C32H56NO6-. The van der Waals surface area contributed by atoms with Crippen molar-refractivity contribution in [2.24, 2.45) is 11.8 Å². The lowest BCUT2D eigenvalue weighted by atomic mass is 9.81. The monoisotopic (exact) mass is 550 g/mol. The van der Waals surface area contributed by atoms with Gasteiger partial charge in [0.25, 0.3) is 0 Å². The van der Waals surface area contributed by atoms with Gasteiger partial charge in [0.1, 0.15) is 0 Å². The van der Waals surface area contributed by atoms with Crippen LogP contribution in [0.2, 0.25) is 0 Å². The molecule has 5 N–H and O–H groups in total. The molecule has 1 aromatic rings. The molecule has 1 aliphatic carbocycles. The Hall–Kier alpha value is -1.41. The van der Waals surface area contributed by atoms with Gasteiger partial charge in [-0.1, -0.05) is 83.3 Å². The Morgan fingerprint density at radius 1 is 0.949 bits per heavy atom. The average Bonchev–Trinajstić information content (AvgIpc) is 3.51. The SMILES string of the molecule is CCCCCCC[C@H](O)CCCCCC[C@H](C(=O)O)[C@H](O)CC[C@@]1(O)CCC[C@H]1Cc1ccc(CCCO)[n-]1. The van der Waals surface area contributed by atoms with Crippen molar-refractivity contribution in [2.45, 2.75) is 153 Å². The van der Waals surface area contributed by atoms with Gasteiger partial charge in [-0.25, -0.2) is 0 Å². The van der Waals surface area contributed by atoms with Crippen LogP contribution < -0.4 is 4.98 Å². The molecule has 0 bridgehead atoms. The Kier molecular flexibility index (Phi) is 16.3. The molecule has 1 aliphatic rings. The first-order valence-corrected chi connectivity index (χ1v) is 15.8. The number of hydrogen-bond acceptors (Lipinski definition) is 5. The van der Waals surface area contributed by atoms with E-state index in [1.54, 1.807) is 0 Å². The van der Waals surface area contributed by atoms with E-state index in [0.29, 0.717) is 32.1 Å². The summed E-state index contributed by atoms with van der Waals surface area (Å²) >= 11 is 0. The highest BCUT2D eigenvalue weighted by molar-refractivity contribution is 5.70. The molecule has 39 heavy (non-hydrogen) atoms. The second-order valence-corrected chi connectivity index (χ2v) is 12.1. The molecule has 1 fully saturated rings. The van der Waals surface area contributed by atoms with Gasteiger partial charge in [0.15, 0.2) is 0 Å². The summed E-state index contributed by atoms with van der Waals surface area (Å²) in [5.41, 5.74) is 1.02. The fourth-order valence-corrected chi connectivity index (χ4v) is 6.27. The van der Waals surface area contributed by atoms with Crippen LogP contribution in [0.15, 0.2) is 12.1 Å². The minimum Gasteiger partial charge on any atom is -0.665 e. The molecule has 1 saturated carbocycles. The van der Waals surface area contributed by atoms with Crippen LogP contribution in [0.1, 0.15) is 134 Å². The number of aliphatic hydroxyl groups is 4. The van der Waals surface area contributed by atoms with Gasteiger partial charge in [0, 0.05) is 6.61 Å². The van der Waals surface area contributed by atoms with Crippen LogP contribution in [0, 0.1) is 11.8 Å². The number of aliphatic carboxylic acids is 1. The summed E-state index contributed by atoms with van der Waals surface area (Å²) in [6.07, 6.45) is 15.8. The summed E-state index contributed by atoms with van der Waals surface area (Å²) in [7, 11) is 0. The van der Waals surface area contributed by atoms with Crippen LogP contribution in [0.5, 0.6) is 0 Å². The van der Waals surface area contributed by atoms with Gasteiger partial charge in [0.05, 0.1) is 23.7 Å². The fourth-order valence-electron chi connectivity index (χ4n) is 6.27. The van der Waals surface area contributed by atoms with E-state index in [1.165, 1.54) is 25.7 Å². The van der Waals surface area contributed by atoms with E-state index in [-0.39, 0.29) is 25.0 Å². The Labute approximate surface area is 236 Å². The smallest absolute Gasteiger partial charge is 0.309 e. The highest BCUT2D eigenvalue weighted by Gasteiger charge is 2.41. The summed E-state index contributed by atoms with van der Waals surface area (Å²) in [4.78, 5) is 16.5. The first-order chi connectivity index (χ1) is 18.8. The summed E-state index contributed by atoms with van der Waals surface area (Å²) in [6.45, 7) is 2.35. The number of hydrogen-bond donors (Lipinski definition) is 5. The predicted molar refractivity (Wildman–Crippen MR) is 155 cm³/mol. The van der Waals surface area contributed by atoms with Gasteiger partial charge in [-0.05, 0) is 70.1 Å². The van der Waals surface area contributed by atoms with E-state index in [9.17, 15) is 25.2 Å². The molecular weight excluding hydrogens is 494 g/mol. The van der Waals surface area contributed by atoms with Crippen LogP contribution in [-0.2, 0) is 17.6 Å². The standard InChI is InChI=1S/C32H56NO6/c1-2-3-4-5-8-15-28(35)16-9-6-7-10-17-29(31(37)38)30(36)20-22-32(39)21-11-13-25(32)24-27-19-18-26(33-27)14-12-23-34/h18-19,25,28-30,34-36,39H,2-17,20-24H2,1H3,(H,37,38)/q-1/t25-,28-,29-,30+,32-/m0/s1. The van der Waals surface area contributed by atoms with Crippen LogP contribution in [0.4, 0.5) is 0 Å². The summed E-state index contributed by atoms with van der Waals surface area (Å²) in [5, 5.41) is 51.1. The van der Waals surface area contributed by atoms with Gasteiger partial charge in [-0.15, -0.1) is 0 Å². The van der Waals surface area contributed by atoms with Gasteiger partial charge in [-0.3, -0.25) is 4.79 Å². The minimum absolute atomic E-state index is 0.0558. The van der Waals surface area contributed by atoms with E-state index >= 15 is 0 Å². The van der Waals surface area contributed by atoms with Gasteiger partial charge >= 0.3 is 5.97 Å². The lowest BCUT2D eigenvalue weighted by molar-refractivity contribution is -0.146. The van der Waals surface area contributed by atoms with E-state index in [4.69, 9.17) is 5.11 Å². The van der Waals surface area contributed by atoms with Crippen LogP contribution >= 0.6 is 0 Å². The van der Waals surface area contributed by atoms with Gasteiger partial charge in [0.2, 0.25) is 0 Å². The number of unbranched alkanes of at least 4 members (excludes halogenated alkanes) is 7. The first kappa shape index (κ1) is 33.8. The molecule has 0 saturated heterocycles. The number of carbonyl (C=O) groups is 1. The van der Waals surface area contributed by atoms with Crippen LogP contribution in [-0.4, -0.2) is 55.9 Å². The zero-order chi connectivity index (χ0) is 28.5. The molecule has 0 aliphatic heterocycles. The Balaban J connectivity index is 1.68. The van der Waals surface area contributed by atoms with Crippen LogP contribution in [0.3, 0.4) is 0 Å². The predicted octanol–water partition coefficient (Wildman–Crippen LogP) is 5.55. The average molecular weight is 551 g/mol. The normalized spacial score (nSPS) is 21.7. The molecule has 0 aromatic carbocycles. The molecule has 0 unspecified atom stereocenters. The lowest BCUT2D eigenvalue weighted by Gasteiger charge is -2.33. The number of carboxylic acid groups (broad SMARTS) is 1.